The van der Waals surface area contributed by atoms with Gasteiger partial charge in [0.15, 0.2) is 6.61 Å². The summed E-state index contributed by atoms with van der Waals surface area (Å²) < 4.78 is 7.41. The summed E-state index contributed by atoms with van der Waals surface area (Å²) in [5, 5.41) is 8.17. The van der Waals surface area contributed by atoms with Gasteiger partial charge in [-0.1, -0.05) is 47.5 Å². The van der Waals surface area contributed by atoms with Crippen LogP contribution in [-0.2, 0) is 17.9 Å². The number of nitrogens with one attached hydrogen (secondary N) is 1. The fourth-order valence-corrected chi connectivity index (χ4v) is 3.10. The maximum atomic E-state index is 12.1. The summed E-state index contributed by atoms with van der Waals surface area (Å²) in [5.41, 5.74) is 4.27. The van der Waals surface area contributed by atoms with Crippen LogP contribution in [0.1, 0.15) is 22.5 Å². The second kappa shape index (κ2) is 9.13. The van der Waals surface area contributed by atoms with E-state index in [1.807, 2.05) is 30.7 Å². The Balaban J connectivity index is 1.52. The van der Waals surface area contributed by atoms with Crippen molar-refractivity contribution in [3.63, 3.8) is 0 Å². The van der Waals surface area contributed by atoms with Crippen LogP contribution in [0, 0.1) is 13.8 Å². The fourth-order valence-electron chi connectivity index (χ4n) is 2.81. The number of halogens is 2. The van der Waals surface area contributed by atoms with E-state index in [0.29, 0.717) is 28.9 Å². The van der Waals surface area contributed by atoms with E-state index in [4.69, 9.17) is 27.9 Å². The van der Waals surface area contributed by atoms with Gasteiger partial charge in [-0.15, -0.1) is 0 Å². The van der Waals surface area contributed by atoms with Crippen LogP contribution in [0.25, 0.3) is 0 Å². The first-order valence-corrected chi connectivity index (χ1v) is 9.60. The Labute approximate surface area is 174 Å². The second-order valence-electron chi connectivity index (χ2n) is 6.55. The molecule has 146 valence electrons. The number of aryl methyl sites for hydroxylation is 2. The standard InChI is InChI=1S/C21H21Cl2N3O2/c1-14-8-15(2)26(25-14)12-17-5-3-4-16(9-17)11-24-21(27)13-28-18-6-7-19(22)20(23)10-18/h3-10H,11-13H2,1-2H3,(H,24,27). The highest BCUT2D eigenvalue weighted by Crippen LogP contribution is 2.26. The number of nitrogens with zero attached hydrogens (tertiary/aromatic N) is 2. The molecule has 7 heteroatoms. The number of ether oxygens (including phenoxy) is 1. The minimum Gasteiger partial charge on any atom is -0.484 e. The first kappa shape index (κ1) is 20.2. The molecule has 28 heavy (non-hydrogen) atoms. The first-order valence-electron chi connectivity index (χ1n) is 8.84. The molecule has 0 bridgehead atoms. The van der Waals surface area contributed by atoms with Gasteiger partial charge in [-0.05, 0) is 43.2 Å². The summed E-state index contributed by atoms with van der Waals surface area (Å²) in [6.45, 7) is 5.05. The zero-order valence-electron chi connectivity index (χ0n) is 15.7. The molecule has 0 aliphatic rings. The minimum absolute atomic E-state index is 0.0938. The fraction of sp³-hybridized carbons (Fsp3) is 0.238. The smallest absolute Gasteiger partial charge is 0.258 e. The van der Waals surface area contributed by atoms with Crippen LogP contribution >= 0.6 is 23.2 Å². The Morgan fingerprint density at radius 1 is 1.07 bits per heavy atom. The van der Waals surface area contributed by atoms with Gasteiger partial charge in [-0.2, -0.15) is 5.10 Å². The van der Waals surface area contributed by atoms with Crippen molar-refractivity contribution in [2.45, 2.75) is 26.9 Å². The normalized spacial score (nSPS) is 10.7. The highest BCUT2D eigenvalue weighted by Gasteiger charge is 2.06. The number of rotatable bonds is 7. The van der Waals surface area contributed by atoms with E-state index in [9.17, 15) is 4.79 Å². The van der Waals surface area contributed by atoms with Crippen LogP contribution in [0.5, 0.6) is 5.75 Å². The van der Waals surface area contributed by atoms with E-state index in [1.165, 1.54) is 0 Å². The molecule has 3 rings (SSSR count). The van der Waals surface area contributed by atoms with Crippen LogP contribution in [0.3, 0.4) is 0 Å². The van der Waals surface area contributed by atoms with Crippen LogP contribution in [0.15, 0.2) is 48.5 Å². The van der Waals surface area contributed by atoms with Gasteiger partial charge in [0.25, 0.3) is 5.91 Å². The number of hydrogen-bond acceptors (Lipinski definition) is 3. The molecule has 5 nitrogen and oxygen atoms in total. The van der Waals surface area contributed by atoms with Crippen LogP contribution in [0.2, 0.25) is 10.0 Å². The zero-order valence-corrected chi connectivity index (χ0v) is 17.2. The molecular weight excluding hydrogens is 397 g/mol. The summed E-state index contributed by atoms with van der Waals surface area (Å²) in [6, 6.07) is 15.0. The Bertz CT molecular complexity index is 986. The number of hydrogen-bond donors (Lipinski definition) is 1. The molecule has 0 saturated carbocycles. The van der Waals surface area contributed by atoms with E-state index < -0.39 is 0 Å². The van der Waals surface area contributed by atoms with Gasteiger partial charge in [0.1, 0.15) is 5.75 Å². The van der Waals surface area contributed by atoms with E-state index in [1.54, 1.807) is 18.2 Å². The van der Waals surface area contributed by atoms with E-state index in [0.717, 1.165) is 22.5 Å². The molecule has 0 fully saturated rings. The van der Waals surface area contributed by atoms with Gasteiger partial charge in [-0.25, -0.2) is 0 Å². The van der Waals surface area contributed by atoms with E-state index >= 15 is 0 Å². The van der Waals surface area contributed by atoms with Gasteiger partial charge >= 0.3 is 0 Å². The highest BCUT2D eigenvalue weighted by molar-refractivity contribution is 6.42. The molecule has 0 saturated heterocycles. The second-order valence-corrected chi connectivity index (χ2v) is 7.36. The molecule has 0 unspecified atom stereocenters. The lowest BCUT2D eigenvalue weighted by Crippen LogP contribution is -2.28. The van der Waals surface area contributed by atoms with Crippen molar-refractivity contribution in [3.8, 4) is 5.75 Å². The third-order valence-corrected chi connectivity index (χ3v) is 4.92. The van der Waals surface area contributed by atoms with Gasteiger partial charge in [0.05, 0.1) is 22.3 Å². The maximum absolute atomic E-state index is 12.1. The molecular formula is C21H21Cl2N3O2. The van der Waals surface area contributed by atoms with Crippen molar-refractivity contribution in [1.29, 1.82) is 0 Å². The number of amides is 1. The van der Waals surface area contributed by atoms with Crippen molar-refractivity contribution in [3.05, 3.63) is 81.1 Å². The monoisotopic (exact) mass is 417 g/mol. The van der Waals surface area contributed by atoms with Crippen LogP contribution in [0.4, 0.5) is 0 Å². The average molecular weight is 418 g/mol. The van der Waals surface area contributed by atoms with Gasteiger partial charge in [0, 0.05) is 18.3 Å². The lowest BCUT2D eigenvalue weighted by molar-refractivity contribution is -0.123. The van der Waals surface area contributed by atoms with Gasteiger partial charge in [-0.3, -0.25) is 9.48 Å². The molecule has 3 aromatic rings. The maximum Gasteiger partial charge on any atom is 0.258 e. The van der Waals surface area contributed by atoms with E-state index in [2.05, 4.69) is 28.6 Å². The average Bonchev–Trinajstić information content (AvgIpc) is 2.98. The molecule has 2 aromatic carbocycles. The summed E-state index contributed by atoms with van der Waals surface area (Å²) in [5.74, 6) is 0.284. The molecule has 0 aliphatic heterocycles. The van der Waals surface area contributed by atoms with Gasteiger partial charge in [0.2, 0.25) is 0 Å². The summed E-state index contributed by atoms with van der Waals surface area (Å²) in [6.07, 6.45) is 0. The zero-order chi connectivity index (χ0) is 20.1. The molecule has 0 radical (unpaired) electrons. The molecule has 1 N–H and O–H groups in total. The van der Waals surface area contributed by atoms with Crippen molar-refractivity contribution in [2.75, 3.05) is 6.61 Å². The first-order chi connectivity index (χ1) is 13.4. The van der Waals surface area contributed by atoms with Gasteiger partial charge < -0.3 is 10.1 Å². The summed E-state index contributed by atoms with van der Waals surface area (Å²) in [4.78, 5) is 12.1. The van der Waals surface area contributed by atoms with Crippen molar-refractivity contribution in [2.24, 2.45) is 0 Å². The summed E-state index contributed by atoms with van der Waals surface area (Å²) >= 11 is 11.8. The Hall–Kier alpha value is -2.50. The number of carbonyl (C=O) groups excluding carboxylic acids is 1. The number of carbonyl (C=O) groups is 1. The van der Waals surface area contributed by atoms with E-state index in [-0.39, 0.29) is 12.5 Å². The van der Waals surface area contributed by atoms with Crippen LogP contribution < -0.4 is 10.1 Å². The van der Waals surface area contributed by atoms with Crippen molar-refractivity contribution >= 4 is 29.1 Å². The highest BCUT2D eigenvalue weighted by atomic mass is 35.5. The Morgan fingerprint density at radius 2 is 1.86 bits per heavy atom. The van der Waals surface area contributed by atoms with Crippen LogP contribution in [-0.4, -0.2) is 22.3 Å². The molecule has 0 atom stereocenters. The molecule has 1 amide bonds. The Morgan fingerprint density at radius 3 is 2.57 bits per heavy atom. The molecule has 0 spiro atoms. The predicted octanol–water partition coefficient (Wildman–Crippen LogP) is 4.55. The molecule has 1 aromatic heterocycles. The lowest BCUT2D eigenvalue weighted by Gasteiger charge is -2.10. The predicted molar refractivity (Wildman–Crippen MR) is 111 cm³/mol. The lowest BCUT2D eigenvalue weighted by atomic mass is 10.1. The quantitative estimate of drug-likeness (QED) is 0.613. The van der Waals surface area contributed by atoms with Crippen molar-refractivity contribution in [1.82, 2.24) is 15.1 Å². The largest absolute Gasteiger partial charge is 0.484 e. The number of benzene rings is 2. The topological polar surface area (TPSA) is 56.2 Å². The SMILES string of the molecule is Cc1cc(C)n(Cc2cccc(CNC(=O)COc3ccc(Cl)c(Cl)c3)c2)n1. The number of aromatic nitrogens is 2. The molecule has 0 aliphatic carbocycles. The third kappa shape index (κ3) is 5.50. The third-order valence-electron chi connectivity index (χ3n) is 4.18. The summed E-state index contributed by atoms with van der Waals surface area (Å²) in [7, 11) is 0. The minimum atomic E-state index is -0.213. The Kier molecular flexibility index (Phi) is 6.60. The molecule has 1 heterocycles. The van der Waals surface area contributed by atoms with Crippen molar-refractivity contribution < 1.29 is 9.53 Å².